The van der Waals surface area contributed by atoms with Crippen molar-refractivity contribution in [3.05, 3.63) is 59.9 Å². The van der Waals surface area contributed by atoms with Gasteiger partial charge in [0.25, 0.3) is 0 Å². The minimum atomic E-state index is -3.66. The second-order valence-corrected chi connectivity index (χ2v) is 6.00. The summed E-state index contributed by atoms with van der Waals surface area (Å²) >= 11 is 0. The number of aromatic nitrogens is 1. The molecule has 2 rings (SSSR count). The Balaban J connectivity index is 2.18. The second-order valence-electron chi connectivity index (χ2n) is 4.23. The highest BCUT2D eigenvalue weighted by Crippen LogP contribution is 2.12. The zero-order valence-corrected chi connectivity index (χ0v) is 11.7. The van der Waals surface area contributed by atoms with E-state index in [-0.39, 0.29) is 17.2 Å². The van der Waals surface area contributed by atoms with E-state index >= 15 is 0 Å². The fraction of sp³-hybridized carbons (Fsp3) is 0.143. The van der Waals surface area contributed by atoms with E-state index in [0.29, 0.717) is 11.3 Å². The second kappa shape index (κ2) is 5.94. The average Bonchev–Trinajstić information content (AvgIpc) is 2.46. The predicted molar refractivity (Wildman–Crippen MR) is 74.7 cm³/mol. The maximum absolute atomic E-state index is 12.1. The van der Waals surface area contributed by atoms with Gasteiger partial charge in [0, 0.05) is 11.8 Å². The number of hydrogen-bond donors (Lipinski definition) is 1. The van der Waals surface area contributed by atoms with Gasteiger partial charge in [0.15, 0.2) is 5.78 Å². The Morgan fingerprint density at radius 3 is 2.65 bits per heavy atom. The quantitative estimate of drug-likeness (QED) is 0.851. The maximum Gasteiger partial charge on any atom is 0.240 e. The van der Waals surface area contributed by atoms with Gasteiger partial charge < -0.3 is 0 Å². The van der Waals surface area contributed by atoms with Gasteiger partial charge in [0.05, 0.1) is 17.1 Å². The Morgan fingerprint density at radius 1 is 1.20 bits per heavy atom. The molecule has 1 heterocycles. The highest BCUT2D eigenvalue weighted by atomic mass is 32.2. The van der Waals surface area contributed by atoms with Crippen LogP contribution in [-0.2, 0) is 16.6 Å². The SMILES string of the molecule is CC(=O)c1cccc(S(=O)(=O)NCc2ccccn2)c1. The maximum atomic E-state index is 12.1. The molecule has 0 unspecified atom stereocenters. The van der Waals surface area contributed by atoms with Crippen molar-refractivity contribution in [1.82, 2.24) is 9.71 Å². The van der Waals surface area contributed by atoms with Gasteiger partial charge in [-0.05, 0) is 31.2 Å². The summed E-state index contributed by atoms with van der Waals surface area (Å²) in [4.78, 5) is 15.4. The summed E-state index contributed by atoms with van der Waals surface area (Å²) in [5.74, 6) is -0.174. The number of pyridine rings is 1. The van der Waals surface area contributed by atoms with Gasteiger partial charge in [-0.15, -0.1) is 0 Å². The van der Waals surface area contributed by atoms with Crippen LogP contribution < -0.4 is 4.72 Å². The minimum absolute atomic E-state index is 0.0705. The molecule has 104 valence electrons. The van der Waals surface area contributed by atoms with E-state index in [1.54, 1.807) is 36.5 Å². The number of sulfonamides is 1. The molecule has 0 fully saturated rings. The van der Waals surface area contributed by atoms with Gasteiger partial charge >= 0.3 is 0 Å². The van der Waals surface area contributed by atoms with E-state index in [1.165, 1.54) is 19.1 Å². The van der Waals surface area contributed by atoms with Crippen LogP contribution in [0.2, 0.25) is 0 Å². The molecule has 1 aromatic heterocycles. The van der Waals surface area contributed by atoms with Crippen molar-refractivity contribution in [2.45, 2.75) is 18.4 Å². The summed E-state index contributed by atoms with van der Waals surface area (Å²) < 4.78 is 26.7. The van der Waals surface area contributed by atoms with Crippen LogP contribution in [0.15, 0.2) is 53.6 Å². The molecule has 6 heteroatoms. The molecule has 0 amide bonds. The van der Waals surface area contributed by atoms with Crippen LogP contribution in [0.25, 0.3) is 0 Å². The van der Waals surface area contributed by atoms with Gasteiger partial charge in [-0.25, -0.2) is 13.1 Å². The summed E-state index contributed by atoms with van der Waals surface area (Å²) in [7, 11) is -3.66. The van der Waals surface area contributed by atoms with Gasteiger partial charge in [-0.3, -0.25) is 9.78 Å². The fourth-order valence-corrected chi connectivity index (χ4v) is 2.68. The van der Waals surface area contributed by atoms with Crippen molar-refractivity contribution in [3.8, 4) is 0 Å². The summed E-state index contributed by atoms with van der Waals surface area (Å²) in [6, 6.07) is 11.2. The lowest BCUT2D eigenvalue weighted by atomic mass is 10.2. The highest BCUT2D eigenvalue weighted by Gasteiger charge is 2.15. The summed E-state index contributed by atoms with van der Waals surface area (Å²) in [5, 5.41) is 0. The van der Waals surface area contributed by atoms with E-state index in [4.69, 9.17) is 0 Å². The highest BCUT2D eigenvalue weighted by molar-refractivity contribution is 7.89. The number of Topliss-reactive ketones (excluding diaryl/α,β-unsaturated/α-hetero) is 1. The third kappa shape index (κ3) is 3.49. The molecule has 0 atom stereocenters. The van der Waals surface area contributed by atoms with Crippen LogP contribution in [-0.4, -0.2) is 19.2 Å². The van der Waals surface area contributed by atoms with Crippen molar-refractivity contribution in [2.75, 3.05) is 0 Å². The Morgan fingerprint density at radius 2 is 2.00 bits per heavy atom. The van der Waals surface area contributed by atoms with Gasteiger partial charge in [0.2, 0.25) is 10.0 Å². The number of nitrogens with one attached hydrogen (secondary N) is 1. The number of carbonyl (C=O) groups is 1. The van der Waals surface area contributed by atoms with E-state index < -0.39 is 10.0 Å². The lowest BCUT2D eigenvalue weighted by Crippen LogP contribution is -2.23. The third-order valence-electron chi connectivity index (χ3n) is 2.72. The van der Waals surface area contributed by atoms with E-state index in [9.17, 15) is 13.2 Å². The van der Waals surface area contributed by atoms with Crippen LogP contribution in [0.4, 0.5) is 0 Å². The average molecular weight is 290 g/mol. The van der Waals surface area contributed by atoms with E-state index in [1.807, 2.05) is 0 Å². The number of nitrogens with zero attached hydrogens (tertiary/aromatic N) is 1. The van der Waals surface area contributed by atoms with Crippen LogP contribution in [0.5, 0.6) is 0 Å². The molecule has 0 saturated heterocycles. The van der Waals surface area contributed by atoms with Gasteiger partial charge in [0.1, 0.15) is 0 Å². The van der Waals surface area contributed by atoms with Gasteiger partial charge in [-0.1, -0.05) is 18.2 Å². The first-order chi connectivity index (χ1) is 9.49. The van der Waals surface area contributed by atoms with Crippen molar-refractivity contribution >= 4 is 15.8 Å². The van der Waals surface area contributed by atoms with Gasteiger partial charge in [-0.2, -0.15) is 0 Å². The Kier molecular flexibility index (Phi) is 4.26. The predicted octanol–water partition coefficient (Wildman–Crippen LogP) is 1.76. The topological polar surface area (TPSA) is 76.1 Å². The first-order valence-corrected chi connectivity index (χ1v) is 7.48. The van der Waals surface area contributed by atoms with Crippen molar-refractivity contribution in [2.24, 2.45) is 0 Å². The number of rotatable bonds is 5. The molecule has 2 aromatic rings. The Labute approximate surface area is 117 Å². The first kappa shape index (κ1) is 14.4. The monoisotopic (exact) mass is 290 g/mol. The molecular formula is C14H14N2O3S. The van der Waals surface area contributed by atoms with Crippen molar-refractivity contribution < 1.29 is 13.2 Å². The normalized spacial score (nSPS) is 11.2. The zero-order chi connectivity index (χ0) is 14.6. The Bertz CT molecular complexity index is 712. The smallest absolute Gasteiger partial charge is 0.240 e. The molecule has 0 aliphatic rings. The molecule has 0 spiro atoms. The number of ketones is 1. The van der Waals surface area contributed by atoms with Crippen LogP contribution in [0.1, 0.15) is 23.0 Å². The molecule has 5 nitrogen and oxygen atoms in total. The lowest BCUT2D eigenvalue weighted by Gasteiger charge is -2.07. The molecule has 0 bridgehead atoms. The number of carbonyl (C=O) groups excluding carboxylic acids is 1. The Hall–Kier alpha value is -2.05. The van der Waals surface area contributed by atoms with E-state index in [2.05, 4.69) is 9.71 Å². The molecule has 1 aromatic carbocycles. The molecule has 1 N–H and O–H groups in total. The molecule has 0 aliphatic heterocycles. The molecule has 0 saturated carbocycles. The van der Waals surface area contributed by atoms with Crippen molar-refractivity contribution in [1.29, 1.82) is 0 Å². The first-order valence-electron chi connectivity index (χ1n) is 5.99. The van der Waals surface area contributed by atoms with E-state index in [0.717, 1.165) is 0 Å². The minimum Gasteiger partial charge on any atom is -0.295 e. The molecule has 0 aliphatic carbocycles. The van der Waals surface area contributed by atoms with Crippen LogP contribution >= 0.6 is 0 Å². The molecular weight excluding hydrogens is 276 g/mol. The number of hydrogen-bond acceptors (Lipinski definition) is 4. The third-order valence-corrected chi connectivity index (χ3v) is 4.12. The standard InChI is InChI=1S/C14H14N2O3S/c1-11(17)12-5-4-7-14(9-12)20(18,19)16-10-13-6-2-3-8-15-13/h2-9,16H,10H2,1H3. The zero-order valence-electron chi connectivity index (χ0n) is 10.9. The van der Waals surface area contributed by atoms with Crippen molar-refractivity contribution in [3.63, 3.8) is 0 Å². The summed E-state index contributed by atoms with van der Waals surface area (Å²) in [6.45, 7) is 1.50. The lowest BCUT2D eigenvalue weighted by molar-refractivity contribution is 0.101. The largest absolute Gasteiger partial charge is 0.295 e. The van der Waals surface area contributed by atoms with Crippen LogP contribution in [0.3, 0.4) is 0 Å². The van der Waals surface area contributed by atoms with Crippen LogP contribution in [0, 0.1) is 0 Å². The fourth-order valence-electron chi connectivity index (χ4n) is 1.64. The number of benzene rings is 1. The summed E-state index contributed by atoms with van der Waals surface area (Å²) in [5.41, 5.74) is 0.990. The molecule has 20 heavy (non-hydrogen) atoms. The summed E-state index contributed by atoms with van der Waals surface area (Å²) in [6.07, 6.45) is 1.60. The molecule has 0 radical (unpaired) electrons.